The zero-order valence-corrected chi connectivity index (χ0v) is 21.4. The van der Waals surface area contributed by atoms with Crippen molar-refractivity contribution >= 4 is 15.9 Å². The van der Waals surface area contributed by atoms with E-state index in [2.05, 4.69) is 31.3 Å². The van der Waals surface area contributed by atoms with Crippen LogP contribution >= 0.6 is 0 Å². The number of sulfonamides is 1. The third-order valence-corrected chi connectivity index (χ3v) is 8.15. The van der Waals surface area contributed by atoms with Crippen molar-refractivity contribution in [1.29, 1.82) is 0 Å². The van der Waals surface area contributed by atoms with Gasteiger partial charge in [-0.1, -0.05) is 44.2 Å². The first-order valence-electron chi connectivity index (χ1n) is 11.7. The molecule has 0 unspecified atom stereocenters. The van der Waals surface area contributed by atoms with Gasteiger partial charge in [0.15, 0.2) is 0 Å². The van der Waals surface area contributed by atoms with Crippen LogP contribution in [0.5, 0.6) is 5.75 Å². The topological polar surface area (TPSA) is 84.9 Å². The number of nitrogens with zero attached hydrogens (tertiary/aromatic N) is 1. The molecule has 1 heterocycles. The van der Waals surface area contributed by atoms with Gasteiger partial charge in [-0.15, -0.1) is 0 Å². The molecule has 186 valence electrons. The van der Waals surface area contributed by atoms with Gasteiger partial charge in [-0.25, -0.2) is 8.42 Å². The van der Waals surface area contributed by atoms with Gasteiger partial charge in [-0.3, -0.25) is 4.79 Å². The van der Waals surface area contributed by atoms with E-state index in [-0.39, 0.29) is 28.7 Å². The molecule has 0 saturated carbocycles. The molecule has 1 aliphatic heterocycles. The third-order valence-electron chi connectivity index (χ3n) is 6.26. The minimum absolute atomic E-state index is 0.00219. The van der Waals surface area contributed by atoms with Crippen molar-refractivity contribution in [3.63, 3.8) is 0 Å². The Hall–Kier alpha value is -2.42. The molecule has 0 bridgehead atoms. The number of benzene rings is 2. The summed E-state index contributed by atoms with van der Waals surface area (Å²) in [4.78, 5) is 12.9. The van der Waals surface area contributed by atoms with Gasteiger partial charge in [0.2, 0.25) is 15.9 Å². The predicted octanol–water partition coefficient (Wildman–Crippen LogP) is 3.52. The Morgan fingerprint density at radius 2 is 1.82 bits per heavy atom. The molecule has 1 N–H and O–H groups in total. The minimum Gasteiger partial charge on any atom is -0.496 e. The molecule has 3 rings (SSSR count). The van der Waals surface area contributed by atoms with Gasteiger partial charge in [0.1, 0.15) is 5.75 Å². The molecule has 34 heavy (non-hydrogen) atoms. The first kappa shape index (κ1) is 26.2. The Labute approximate surface area is 203 Å². The van der Waals surface area contributed by atoms with Gasteiger partial charge < -0.3 is 14.8 Å². The van der Waals surface area contributed by atoms with Gasteiger partial charge in [0.05, 0.1) is 25.2 Å². The molecule has 0 aliphatic carbocycles. The highest BCUT2D eigenvalue weighted by molar-refractivity contribution is 7.89. The number of carbonyl (C=O) groups excluding carboxylic acids is 1. The Kier molecular flexibility index (Phi) is 8.73. The van der Waals surface area contributed by atoms with Gasteiger partial charge in [-0.2, -0.15) is 4.31 Å². The lowest BCUT2D eigenvalue weighted by atomic mass is 9.79. The van der Waals surface area contributed by atoms with Crippen LogP contribution in [0.2, 0.25) is 0 Å². The minimum atomic E-state index is -3.62. The quantitative estimate of drug-likeness (QED) is 0.553. The normalized spacial score (nSPS) is 16.1. The zero-order chi connectivity index (χ0) is 24.8. The van der Waals surface area contributed by atoms with E-state index in [4.69, 9.17) is 9.47 Å². The summed E-state index contributed by atoms with van der Waals surface area (Å²) >= 11 is 0. The van der Waals surface area contributed by atoms with E-state index in [1.807, 2.05) is 25.1 Å². The summed E-state index contributed by atoms with van der Waals surface area (Å²) in [5, 5.41) is 3.09. The Bertz CT molecular complexity index is 1060. The maximum absolute atomic E-state index is 13.0. The molecule has 1 saturated heterocycles. The smallest absolute Gasteiger partial charge is 0.243 e. The summed E-state index contributed by atoms with van der Waals surface area (Å²) < 4.78 is 38.2. The number of methoxy groups -OCH3 is 1. The van der Waals surface area contributed by atoms with Crippen molar-refractivity contribution in [1.82, 2.24) is 9.62 Å². The van der Waals surface area contributed by atoms with Crippen LogP contribution in [0.15, 0.2) is 53.4 Å². The summed E-state index contributed by atoms with van der Waals surface area (Å²) in [6, 6.07) is 15.1. The van der Waals surface area contributed by atoms with Gasteiger partial charge in [0, 0.05) is 25.6 Å². The lowest BCUT2D eigenvalue weighted by Gasteiger charge is -2.29. The number of nitrogens with one attached hydrogen (secondary N) is 1. The monoisotopic (exact) mass is 488 g/mol. The second-order valence-corrected chi connectivity index (χ2v) is 11.4. The number of aryl methyl sites for hydroxylation is 1. The summed E-state index contributed by atoms with van der Waals surface area (Å²) in [6.45, 7) is 7.82. The third kappa shape index (κ3) is 6.58. The molecule has 0 radical (unpaired) electrons. The van der Waals surface area contributed by atoms with Crippen molar-refractivity contribution in [2.75, 3.05) is 33.4 Å². The molecule has 8 heteroatoms. The number of rotatable bonds is 10. The highest BCUT2D eigenvalue weighted by Gasteiger charge is 2.27. The molecule has 0 spiro atoms. The fraction of sp³-hybridized carbons (Fsp3) is 0.500. The van der Waals surface area contributed by atoms with Crippen molar-refractivity contribution in [3.8, 4) is 5.75 Å². The van der Waals surface area contributed by atoms with E-state index >= 15 is 0 Å². The molecule has 1 atom stereocenters. The molecular weight excluding hydrogens is 452 g/mol. The Balaban J connectivity index is 1.62. The number of hydrogen-bond donors (Lipinski definition) is 1. The van der Waals surface area contributed by atoms with Crippen LogP contribution in [-0.4, -0.2) is 58.1 Å². The van der Waals surface area contributed by atoms with Gasteiger partial charge in [0.25, 0.3) is 0 Å². The predicted molar refractivity (Wildman–Crippen MR) is 133 cm³/mol. The van der Waals surface area contributed by atoms with Crippen molar-refractivity contribution < 1.29 is 22.7 Å². The van der Waals surface area contributed by atoms with Crippen molar-refractivity contribution in [2.24, 2.45) is 0 Å². The van der Waals surface area contributed by atoms with Crippen LogP contribution in [0.25, 0.3) is 0 Å². The molecule has 0 aromatic heterocycles. The highest BCUT2D eigenvalue weighted by atomic mass is 32.2. The maximum Gasteiger partial charge on any atom is 0.243 e. The van der Waals surface area contributed by atoms with E-state index in [1.54, 1.807) is 25.3 Å². The second-order valence-electron chi connectivity index (χ2n) is 9.41. The van der Waals surface area contributed by atoms with Crippen molar-refractivity contribution in [3.05, 3.63) is 59.7 Å². The van der Waals surface area contributed by atoms with Crippen LogP contribution in [0.4, 0.5) is 0 Å². The maximum atomic E-state index is 13.0. The molecule has 7 nitrogen and oxygen atoms in total. The standard InChI is InChI=1S/C26H36N2O5S/c1-20(19-26(2,3)22-8-6-5-7-9-22)27-25(29)13-10-21-18-23(11-12-24(21)32-4)34(30,31)28-14-16-33-17-15-28/h5-9,11-12,18,20H,10,13-17,19H2,1-4H3,(H,27,29)/t20-/m0/s1. The number of hydrogen-bond acceptors (Lipinski definition) is 5. The van der Waals surface area contributed by atoms with E-state index < -0.39 is 10.0 Å². The van der Waals surface area contributed by atoms with Crippen LogP contribution in [0.1, 0.15) is 44.7 Å². The zero-order valence-electron chi connectivity index (χ0n) is 20.5. The SMILES string of the molecule is COc1ccc(S(=O)(=O)N2CCOCC2)cc1CCC(=O)N[C@@H](C)CC(C)(C)c1ccccc1. The van der Waals surface area contributed by atoms with Gasteiger partial charge in [-0.05, 0) is 54.5 Å². The second kappa shape index (κ2) is 11.3. The van der Waals surface area contributed by atoms with Gasteiger partial charge >= 0.3 is 0 Å². The average molecular weight is 489 g/mol. The Morgan fingerprint density at radius 1 is 1.15 bits per heavy atom. The first-order chi connectivity index (χ1) is 16.1. The summed E-state index contributed by atoms with van der Waals surface area (Å²) in [6.07, 6.45) is 1.43. The number of morpholine rings is 1. The molecule has 1 aliphatic rings. The number of carbonyl (C=O) groups is 1. The largest absolute Gasteiger partial charge is 0.496 e. The molecule has 2 aromatic rings. The fourth-order valence-electron chi connectivity index (χ4n) is 4.47. The molecule has 1 fully saturated rings. The van der Waals surface area contributed by atoms with E-state index in [1.165, 1.54) is 9.87 Å². The lowest BCUT2D eigenvalue weighted by Crippen LogP contribution is -2.40. The summed E-state index contributed by atoms with van der Waals surface area (Å²) in [5.41, 5.74) is 1.86. The fourth-order valence-corrected chi connectivity index (χ4v) is 5.92. The van der Waals surface area contributed by atoms with E-state index in [9.17, 15) is 13.2 Å². The van der Waals surface area contributed by atoms with E-state index in [0.717, 1.165) is 6.42 Å². The van der Waals surface area contributed by atoms with Crippen LogP contribution in [-0.2, 0) is 31.4 Å². The van der Waals surface area contributed by atoms with E-state index in [0.29, 0.717) is 44.0 Å². The summed E-state index contributed by atoms with van der Waals surface area (Å²) in [7, 11) is -2.07. The lowest BCUT2D eigenvalue weighted by molar-refractivity contribution is -0.121. The average Bonchev–Trinajstić information content (AvgIpc) is 2.83. The summed E-state index contributed by atoms with van der Waals surface area (Å²) in [5.74, 6) is 0.506. The van der Waals surface area contributed by atoms with Crippen LogP contribution < -0.4 is 10.1 Å². The van der Waals surface area contributed by atoms with Crippen molar-refractivity contribution in [2.45, 2.75) is 56.4 Å². The highest BCUT2D eigenvalue weighted by Crippen LogP contribution is 2.29. The molecular formula is C26H36N2O5S. The Morgan fingerprint density at radius 3 is 2.47 bits per heavy atom. The number of ether oxygens (including phenoxy) is 2. The van der Waals surface area contributed by atoms with Crippen LogP contribution in [0, 0.1) is 0 Å². The molecule has 1 amide bonds. The molecule has 2 aromatic carbocycles. The first-order valence-corrected chi connectivity index (χ1v) is 13.2. The number of amides is 1. The van der Waals surface area contributed by atoms with Crippen LogP contribution in [0.3, 0.4) is 0 Å².